The van der Waals surface area contributed by atoms with Crippen LogP contribution in [0.5, 0.6) is 5.75 Å². The Morgan fingerprint density at radius 3 is 2.61 bits per heavy atom. The van der Waals surface area contributed by atoms with Crippen LogP contribution in [0.3, 0.4) is 0 Å². The Hall–Kier alpha value is -2.62. The molecule has 1 aromatic heterocycles. The number of benzene rings is 1. The third kappa shape index (κ3) is 3.42. The molecule has 2 aromatic rings. The number of rotatable bonds is 3. The molecule has 1 heterocycles. The fraction of sp³-hybridized carbons (Fsp3) is 0.167. The van der Waals surface area contributed by atoms with E-state index < -0.39 is 34.0 Å². The van der Waals surface area contributed by atoms with Crippen molar-refractivity contribution < 1.29 is 27.6 Å². The molecule has 0 fully saturated rings. The van der Waals surface area contributed by atoms with E-state index >= 15 is 0 Å². The number of carbonyl (C=O) groups excluding carboxylic acids is 1. The lowest BCUT2D eigenvalue weighted by Crippen LogP contribution is -2.18. The maximum absolute atomic E-state index is 12.9. The number of hydrogen-bond donors (Lipinski definition) is 0. The molecule has 0 spiro atoms. The molecular weight excluding hydrogens is 343 g/mol. The Bertz CT molecular complexity index is 788. The highest BCUT2D eigenvalue weighted by Gasteiger charge is 2.40. The molecule has 0 saturated heterocycles. The number of nitro benzene ring substituents is 1. The zero-order valence-corrected chi connectivity index (χ0v) is 12.1. The summed E-state index contributed by atoms with van der Waals surface area (Å²) in [6.45, 7) is 0. The number of hydrogen-bond acceptors (Lipinski definition) is 5. The van der Waals surface area contributed by atoms with Crippen molar-refractivity contribution >= 4 is 23.3 Å². The number of carbonyl (C=O) groups is 1. The second-order valence-electron chi connectivity index (χ2n) is 4.29. The van der Waals surface area contributed by atoms with Gasteiger partial charge < -0.3 is 4.74 Å². The van der Waals surface area contributed by atoms with Gasteiger partial charge in [-0.05, 0) is 6.07 Å². The zero-order valence-electron chi connectivity index (χ0n) is 11.3. The highest BCUT2D eigenvalue weighted by atomic mass is 35.5. The molecular formula is C12H7ClF3N3O4. The quantitative estimate of drug-likeness (QED) is 0.367. The molecule has 0 aliphatic rings. The van der Waals surface area contributed by atoms with Gasteiger partial charge in [0, 0.05) is 19.2 Å². The lowest BCUT2D eigenvalue weighted by Gasteiger charge is -2.09. The third-order valence-electron chi connectivity index (χ3n) is 2.75. The molecule has 0 aliphatic heterocycles. The number of nitro groups is 1. The molecule has 23 heavy (non-hydrogen) atoms. The molecule has 7 nitrogen and oxygen atoms in total. The van der Waals surface area contributed by atoms with Crippen LogP contribution < -0.4 is 4.74 Å². The van der Waals surface area contributed by atoms with Crippen molar-refractivity contribution in [2.24, 2.45) is 7.05 Å². The number of alkyl halides is 3. The smallest absolute Gasteiger partial charge is 0.423 e. The van der Waals surface area contributed by atoms with Crippen LogP contribution in [0.1, 0.15) is 16.1 Å². The van der Waals surface area contributed by atoms with Crippen molar-refractivity contribution in [2.75, 3.05) is 0 Å². The molecule has 11 heteroatoms. The number of aryl methyl sites for hydroxylation is 1. The normalized spacial score (nSPS) is 11.3. The van der Waals surface area contributed by atoms with Crippen molar-refractivity contribution in [1.82, 2.24) is 9.78 Å². The van der Waals surface area contributed by atoms with Gasteiger partial charge in [0.1, 0.15) is 16.3 Å². The number of nitrogens with zero attached hydrogens (tertiary/aromatic N) is 3. The predicted molar refractivity (Wildman–Crippen MR) is 71.3 cm³/mol. The van der Waals surface area contributed by atoms with Gasteiger partial charge in [-0.2, -0.15) is 18.3 Å². The fourth-order valence-corrected chi connectivity index (χ4v) is 2.02. The summed E-state index contributed by atoms with van der Waals surface area (Å²) in [4.78, 5) is 21.7. The van der Waals surface area contributed by atoms with Crippen LogP contribution in [0.25, 0.3) is 0 Å². The Morgan fingerprint density at radius 2 is 2.09 bits per heavy atom. The fourth-order valence-electron chi connectivity index (χ4n) is 1.78. The molecule has 0 saturated carbocycles. The van der Waals surface area contributed by atoms with Gasteiger partial charge in [0.05, 0.1) is 11.1 Å². The van der Waals surface area contributed by atoms with Crippen LogP contribution in [0.2, 0.25) is 5.02 Å². The van der Waals surface area contributed by atoms with Gasteiger partial charge in [0.15, 0.2) is 5.69 Å². The van der Waals surface area contributed by atoms with E-state index in [0.717, 1.165) is 31.4 Å². The maximum Gasteiger partial charge on any atom is 0.433 e. The molecule has 0 N–H and O–H groups in total. The minimum absolute atomic E-state index is 0.234. The van der Waals surface area contributed by atoms with Crippen molar-refractivity contribution in [1.29, 1.82) is 0 Å². The molecule has 0 amide bonds. The van der Waals surface area contributed by atoms with E-state index in [2.05, 4.69) is 5.10 Å². The average Bonchev–Trinajstić information content (AvgIpc) is 2.80. The molecule has 122 valence electrons. The van der Waals surface area contributed by atoms with Crippen LogP contribution in [0.4, 0.5) is 18.9 Å². The van der Waals surface area contributed by atoms with Crippen molar-refractivity contribution in [2.45, 2.75) is 6.18 Å². The summed E-state index contributed by atoms with van der Waals surface area (Å²) < 4.78 is 43.9. The number of halogens is 4. The maximum atomic E-state index is 12.9. The van der Waals surface area contributed by atoms with Gasteiger partial charge in [-0.1, -0.05) is 11.6 Å². The number of ether oxygens (including phenoxy) is 1. The first-order valence-corrected chi connectivity index (χ1v) is 6.24. The number of esters is 1. The Balaban J connectivity index is 2.31. The monoisotopic (exact) mass is 349 g/mol. The second-order valence-corrected chi connectivity index (χ2v) is 4.70. The lowest BCUT2D eigenvalue weighted by molar-refractivity contribution is -0.384. The van der Waals surface area contributed by atoms with Gasteiger partial charge in [-0.3, -0.25) is 14.8 Å². The van der Waals surface area contributed by atoms with Gasteiger partial charge in [0.2, 0.25) is 0 Å². The lowest BCUT2D eigenvalue weighted by atomic mass is 10.2. The first kappa shape index (κ1) is 16.7. The third-order valence-corrected chi connectivity index (χ3v) is 3.06. The van der Waals surface area contributed by atoms with Gasteiger partial charge >= 0.3 is 12.1 Å². The van der Waals surface area contributed by atoms with E-state index in [4.69, 9.17) is 16.3 Å². The molecule has 0 unspecified atom stereocenters. The zero-order chi connectivity index (χ0) is 17.4. The van der Waals surface area contributed by atoms with E-state index in [1.807, 2.05) is 0 Å². The largest absolute Gasteiger partial charge is 0.433 e. The highest BCUT2D eigenvalue weighted by molar-refractivity contribution is 6.32. The topological polar surface area (TPSA) is 87.3 Å². The minimum Gasteiger partial charge on any atom is -0.423 e. The standard InChI is InChI=1S/C12H7ClF3N3O4/c1-18-10(12(14,15)16)7(5-17-18)11(20)23-6-2-3-9(19(21)22)8(13)4-6/h2-5H,1H3. The van der Waals surface area contributed by atoms with Crippen LogP contribution in [-0.4, -0.2) is 20.7 Å². The predicted octanol–water partition coefficient (Wildman–Crippen LogP) is 3.22. The molecule has 2 rings (SSSR count). The van der Waals surface area contributed by atoms with Crippen LogP contribution in [0, 0.1) is 10.1 Å². The van der Waals surface area contributed by atoms with Crippen molar-refractivity contribution in [3.63, 3.8) is 0 Å². The van der Waals surface area contributed by atoms with Crippen LogP contribution in [0.15, 0.2) is 24.4 Å². The Kier molecular flexibility index (Phi) is 4.28. The summed E-state index contributed by atoms with van der Waals surface area (Å²) in [5, 5.41) is 13.7. The molecule has 0 aliphatic carbocycles. The SMILES string of the molecule is Cn1ncc(C(=O)Oc2ccc([N+](=O)[O-])c(Cl)c2)c1C(F)(F)F. The first-order chi connectivity index (χ1) is 10.6. The summed E-state index contributed by atoms with van der Waals surface area (Å²) in [5.41, 5.74) is -2.48. The second kappa shape index (κ2) is 5.88. The molecule has 0 atom stereocenters. The minimum atomic E-state index is -4.80. The van der Waals surface area contributed by atoms with E-state index in [9.17, 15) is 28.1 Å². The molecule has 0 radical (unpaired) electrons. The summed E-state index contributed by atoms with van der Waals surface area (Å²) in [5.74, 6) is -1.54. The van der Waals surface area contributed by atoms with Crippen LogP contribution in [-0.2, 0) is 13.2 Å². The number of aromatic nitrogens is 2. The molecule has 1 aromatic carbocycles. The highest BCUT2D eigenvalue weighted by Crippen LogP contribution is 2.33. The Labute approximate surface area is 131 Å². The average molecular weight is 350 g/mol. The van der Waals surface area contributed by atoms with E-state index in [0.29, 0.717) is 4.68 Å². The van der Waals surface area contributed by atoms with Gasteiger partial charge in [-0.25, -0.2) is 4.79 Å². The first-order valence-electron chi connectivity index (χ1n) is 5.86. The molecule has 0 bridgehead atoms. The summed E-state index contributed by atoms with van der Waals surface area (Å²) in [7, 11) is 1.03. The summed E-state index contributed by atoms with van der Waals surface area (Å²) in [6, 6.07) is 2.98. The van der Waals surface area contributed by atoms with Crippen molar-refractivity contribution in [3.8, 4) is 5.75 Å². The summed E-state index contributed by atoms with van der Waals surface area (Å²) >= 11 is 5.63. The van der Waals surface area contributed by atoms with Crippen molar-refractivity contribution in [3.05, 3.63) is 50.8 Å². The van der Waals surface area contributed by atoms with Crippen LogP contribution >= 0.6 is 11.6 Å². The van der Waals surface area contributed by atoms with E-state index in [1.165, 1.54) is 0 Å². The Morgan fingerprint density at radius 1 is 1.43 bits per heavy atom. The van der Waals surface area contributed by atoms with E-state index in [1.54, 1.807) is 0 Å². The van der Waals surface area contributed by atoms with Gasteiger partial charge in [0.25, 0.3) is 5.69 Å². The summed E-state index contributed by atoms with van der Waals surface area (Å²) in [6.07, 6.45) is -4.08. The van der Waals surface area contributed by atoms with Gasteiger partial charge in [-0.15, -0.1) is 0 Å². The van der Waals surface area contributed by atoms with E-state index in [-0.39, 0.29) is 10.8 Å².